The van der Waals surface area contributed by atoms with Crippen molar-refractivity contribution < 1.29 is 9.13 Å². The molecule has 0 radical (unpaired) electrons. The number of hydrogen-bond acceptors (Lipinski definition) is 5. The van der Waals surface area contributed by atoms with E-state index in [-0.39, 0.29) is 0 Å². The van der Waals surface area contributed by atoms with Crippen LogP contribution in [0.2, 0.25) is 5.02 Å². The van der Waals surface area contributed by atoms with Gasteiger partial charge in [0.15, 0.2) is 11.5 Å². The molecule has 3 heterocycles. The molecule has 1 saturated heterocycles. The molecule has 0 spiro atoms. The molecule has 0 aliphatic carbocycles. The highest BCUT2D eigenvalue weighted by Gasteiger charge is 2.20. The number of aryl methyl sites for hydroxylation is 1. The van der Waals surface area contributed by atoms with Gasteiger partial charge in [0.1, 0.15) is 11.9 Å². The summed E-state index contributed by atoms with van der Waals surface area (Å²) in [5.74, 6) is 1.41. The fourth-order valence-electron chi connectivity index (χ4n) is 4.40. The van der Waals surface area contributed by atoms with Gasteiger partial charge in [-0.1, -0.05) is 24.6 Å². The van der Waals surface area contributed by atoms with E-state index < -0.39 is 6.17 Å². The minimum Gasteiger partial charge on any atom is -0.494 e. The zero-order valence-corrected chi connectivity index (χ0v) is 19.6. The maximum atomic E-state index is 13.5. The standard InChI is InChI=1S/C25H27ClFN5O/c1-3-12-33-19-5-6-21(26)20(14-19)25-30-29-24-16(2)28-22-7-4-17(13-23(22)32(24)25)15-31-10-8-18(27)9-11-31/h4-7,13-14,18H,3,8-12,15H2,1-2H3. The van der Waals surface area contributed by atoms with E-state index in [1.165, 1.54) is 0 Å². The number of nitrogens with zero attached hydrogens (tertiary/aromatic N) is 5. The molecular formula is C25H27ClFN5O. The van der Waals surface area contributed by atoms with Gasteiger partial charge >= 0.3 is 0 Å². The molecule has 4 aromatic rings. The number of alkyl halides is 1. The van der Waals surface area contributed by atoms with Gasteiger partial charge in [-0.05, 0) is 62.1 Å². The predicted molar refractivity (Wildman–Crippen MR) is 129 cm³/mol. The van der Waals surface area contributed by atoms with Crippen LogP contribution in [0.15, 0.2) is 36.4 Å². The predicted octanol–water partition coefficient (Wildman–Crippen LogP) is 5.63. The van der Waals surface area contributed by atoms with Crippen molar-refractivity contribution in [3.63, 3.8) is 0 Å². The van der Waals surface area contributed by atoms with Crippen LogP contribution in [-0.2, 0) is 6.54 Å². The quantitative estimate of drug-likeness (QED) is 0.368. The molecule has 0 atom stereocenters. The smallest absolute Gasteiger partial charge is 0.183 e. The first-order chi connectivity index (χ1) is 16.0. The second-order valence-corrected chi connectivity index (χ2v) is 9.05. The summed E-state index contributed by atoms with van der Waals surface area (Å²) in [5.41, 5.74) is 5.20. The molecule has 0 unspecified atom stereocenters. The van der Waals surface area contributed by atoms with Gasteiger partial charge in [0.2, 0.25) is 0 Å². The van der Waals surface area contributed by atoms with E-state index in [0.717, 1.165) is 59.7 Å². The van der Waals surface area contributed by atoms with Gasteiger partial charge < -0.3 is 4.74 Å². The Bertz CT molecular complexity index is 1300. The van der Waals surface area contributed by atoms with E-state index in [1.807, 2.05) is 35.6 Å². The van der Waals surface area contributed by atoms with Crippen LogP contribution in [0.1, 0.15) is 37.4 Å². The lowest BCUT2D eigenvalue weighted by molar-refractivity contribution is 0.145. The molecule has 6 nitrogen and oxygen atoms in total. The first kappa shape index (κ1) is 22.0. The van der Waals surface area contributed by atoms with Crippen molar-refractivity contribution in [1.29, 1.82) is 0 Å². The van der Waals surface area contributed by atoms with Crippen LogP contribution in [0, 0.1) is 6.92 Å². The number of halogens is 2. The minimum absolute atomic E-state index is 0.584. The molecule has 0 amide bonds. The number of rotatable bonds is 6. The molecule has 1 aliphatic heterocycles. The van der Waals surface area contributed by atoms with E-state index in [9.17, 15) is 4.39 Å². The van der Waals surface area contributed by atoms with Gasteiger partial charge in [-0.2, -0.15) is 0 Å². The lowest BCUT2D eigenvalue weighted by atomic mass is 10.1. The van der Waals surface area contributed by atoms with Crippen molar-refractivity contribution in [3.05, 3.63) is 52.7 Å². The van der Waals surface area contributed by atoms with Crippen molar-refractivity contribution in [2.75, 3.05) is 19.7 Å². The highest BCUT2D eigenvalue weighted by atomic mass is 35.5. The van der Waals surface area contributed by atoms with Gasteiger partial charge in [-0.25, -0.2) is 9.37 Å². The Morgan fingerprint density at radius 1 is 1.12 bits per heavy atom. The Hall–Kier alpha value is -2.77. The second kappa shape index (κ2) is 9.23. The van der Waals surface area contributed by atoms with Gasteiger partial charge in [-0.3, -0.25) is 9.30 Å². The van der Waals surface area contributed by atoms with E-state index in [1.54, 1.807) is 0 Å². The van der Waals surface area contributed by atoms with Crippen LogP contribution in [0.4, 0.5) is 4.39 Å². The second-order valence-electron chi connectivity index (χ2n) is 8.64. The highest BCUT2D eigenvalue weighted by Crippen LogP contribution is 2.33. The number of piperidine rings is 1. The zero-order chi connectivity index (χ0) is 22.9. The molecule has 0 saturated carbocycles. The lowest BCUT2D eigenvalue weighted by Crippen LogP contribution is -2.33. The van der Waals surface area contributed by atoms with E-state index in [0.29, 0.717) is 35.9 Å². The summed E-state index contributed by atoms with van der Waals surface area (Å²) in [6.07, 6.45) is 1.45. The molecular weight excluding hydrogens is 441 g/mol. The van der Waals surface area contributed by atoms with Crippen molar-refractivity contribution >= 4 is 28.3 Å². The average Bonchev–Trinajstić information content (AvgIpc) is 3.26. The Kier molecular flexibility index (Phi) is 6.17. The summed E-state index contributed by atoms with van der Waals surface area (Å²) in [6, 6.07) is 11.9. The number of likely N-dealkylation sites (tertiary alicyclic amines) is 1. The van der Waals surface area contributed by atoms with Gasteiger partial charge in [-0.15, -0.1) is 10.2 Å². The van der Waals surface area contributed by atoms with Gasteiger partial charge in [0.25, 0.3) is 0 Å². The fourth-order valence-corrected chi connectivity index (χ4v) is 4.60. The van der Waals surface area contributed by atoms with Crippen LogP contribution >= 0.6 is 11.6 Å². The largest absolute Gasteiger partial charge is 0.494 e. The minimum atomic E-state index is -0.675. The van der Waals surface area contributed by atoms with Crippen LogP contribution in [0.5, 0.6) is 5.75 Å². The highest BCUT2D eigenvalue weighted by molar-refractivity contribution is 6.33. The molecule has 1 aliphatic rings. The topological polar surface area (TPSA) is 55.6 Å². The molecule has 5 rings (SSSR count). The monoisotopic (exact) mass is 467 g/mol. The van der Waals surface area contributed by atoms with Crippen molar-refractivity contribution in [2.24, 2.45) is 0 Å². The van der Waals surface area contributed by atoms with Crippen molar-refractivity contribution in [1.82, 2.24) is 24.5 Å². The number of fused-ring (bicyclic) bond motifs is 3. The molecule has 1 fully saturated rings. The van der Waals surface area contributed by atoms with Crippen LogP contribution in [0.3, 0.4) is 0 Å². The van der Waals surface area contributed by atoms with E-state index in [2.05, 4.69) is 34.2 Å². The number of benzene rings is 2. The normalized spacial score (nSPS) is 15.5. The Labute approximate surface area is 197 Å². The lowest BCUT2D eigenvalue weighted by Gasteiger charge is -2.28. The summed E-state index contributed by atoms with van der Waals surface area (Å²) in [6.45, 7) is 6.97. The third kappa shape index (κ3) is 4.39. The van der Waals surface area contributed by atoms with Crippen LogP contribution < -0.4 is 4.74 Å². The molecule has 0 bridgehead atoms. The number of ether oxygens (including phenoxy) is 1. The molecule has 0 N–H and O–H groups in total. The Morgan fingerprint density at radius 2 is 1.94 bits per heavy atom. The number of aromatic nitrogens is 4. The first-order valence-electron chi connectivity index (χ1n) is 11.5. The summed E-state index contributed by atoms with van der Waals surface area (Å²) >= 11 is 6.60. The van der Waals surface area contributed by atoms with Gasteiger partial charge in [0, 0.05) is 25.2 Å². The number of hydrogen-bond donors (Lipinski definition) is 0. The zero-order valence-electron chi connectivity index (χ0n) is 18.9. The maximum Gasteiger partial charge on any atom is 0.183 e. The van der Waals surface area contributed by atoms with E-state index in [4.69, 9.17) is 21.3 Å². The Balaban J connectivity index is 1.60. The third-order valence-electron chi connectivity index (χ3n) is 6.13. The van der Waals surface area contributed by atoms with Crippen LogP contribution in [-0.4, -0.2) is 50.4 Å². The summed E-state index contributed by atoms with van der Waals surface area (Å²) in [7, 11) is 0. The summed E-state index contributed by atoms with van der Waals surface area (Å²) in [5, 5.41) is 9.51. The van der Waals surface area contributed by atoms with Crippen molar-refractivity contribution in [2.45, 2.75) is 45.8 Å². The Morgan fingerprint density at radius 3 is 2.73 bits per heavy atom. The average molecular weight is 468 g/mol. The summed E-state index contributed by atoms with van der Waals surface area (Å²) in [4.78, 5) is 7.05. The maximum absolute atomic E-state index is 13.5. The molecule has 33 heavy (non-hydrogen) atoms. The summed E-state index contributed by atoms with van der Waals surface area (Å²) < 4.78 is 21.4. The first-order valence-corrected chi connectivity index (χ1v) is 11.8. The third-order valence-corrected chi connectivity index (χ3v) is 6.46. The fraction of sp³-hybridized carbons (Fsp3) is 0.400. The molecule has 2 aromatic heterocycles. The molecule has 8 heteroatoms. The van der Waals surface area contributed by atoms with Crippen molar-refractivity contribution in [3.8, 4) is 17.1 Å². The SMILES string of the molecule is CCCOc1ccc(Cl)c(-c2nnc3c(C)nc4ccc(CN5CCC(F)CC5)cc4n23)c1. The van der Waals surface area contributed by atoms with E-state index >= 15 is 0 Å². The van der Waals surface area contributed by atoms with Gasteiger partial charge in [0.05, 0.1) is 28.4 Å². The molecule has 2 aromatic carbocycles. The van der Waals surface area contributed by atoms with Crippen LogP contribution in [0.25, 0.3) is 28.1 Å². The molecule has 172 valence electrons.